The number of nitrogens with one attached hydrogen (secondary N) is 1. The molecule has 4 heteroatoms. The summed E-state index contributed by atoms with van der Waals surface area (Å²) in [5.74, 6) is 0.132. The number of aliphatic hydroxyl groups is 3. The third kappa shape index (κ3) is 4.05. The number of hydrogen-bond donors (Lipinski definition) is 4. The fourth-order valence-electron chi connectivity index (χ4n) is 3.61. The van der Waals surface area contributed by atoms with Crippen LogP contribution in [0.25, 0.3) is 0 Å². The van der Waals surface area contributed by atoms with E-state index in [-0.39, 0.29) is 5.92 Å². The minimum atomic E-state index is -1.17. The average molecular weight is 353 g/mol. The lowest BCUT2D eigenvalue weighted by Gasteiger charge is -2.35. The standard InChI is InChI=1S/C22H27NO3/c1-2-15-13-19(21(25)22(26)20(15)24)23-14-18(16-9-5-3-6-10-16)17-11-7-4-8-12-17/h3-13,18-26H,2,14H2,1H3/t19-,20+,21-,22?/m0/s1. The third-order valence-corrected chi connectivity index (χ3v) is 5.18. The molecule has 0 bridgehead atoms. The normalized spacial score (nSPS) is 26.0. The molecule has 0 radical (unpaired) electrons. The molecule has 0 saturated carbocycles. The molecular weight excluding hydrogens is 326 g/mol. The zero-order valence-electron chi connectivity index (χ0n) is 15.0. The van der Waals surface area contributed by atoms with Crippen LogP contribution >= 0.6 is 0 Å². The molecule has 3 rings (SSSR count). The van der Waals surface area contributed by atoms with E-state index in [1.54, 1.807) is 0 Å². The SMILES string of the molecule is CCC1=C[C@H](NCC(c2ccccc2)c2ccccc2)[C@H](O)C(O)[C@@H]1O. The molecule has 0 fully saturated rings. The van der Waals surface area contributed by atoms with E-state index < -0.39 is 24.4 Å². The second-order valence-corrected chi connectivity index (χ2v) is 6.83. The molecule has 4 N–H and O–H groups in total. The van der Waals surface area contributed by atoms with Gasteiger partial charge in [0, 0.05) is 12.5 Å². The van der Waals surface area contributed by atoms with Gasteiger partial charge in [0.25, 0.3) is 0 Å². The van der Waals surface area contributed by atoms with Crippen LogP contribution in [-0.2, 0) is 0 Å². The first-order valence-corrected chi connectivity index (χ1v) is 9.20. The predicted octanol–water partition coefficient (Wildman–Crippen LogP) is 2.21. The summed E-state index contributed by atoms with van der Waals surface area (Å²) < 4.78 is 0. The molecule has 1 aliphatic rings. The van der Waals surface area contributed by atoms with Crippen molar-refractivity contribution >= 4 is 0 Å². The highest BCUT2D eigenvalue weighted by molar-refractivity contribution is 5.33. The van der Waals surface area contributed by atoms with Gasteiger partial charge in [-0.2, -0.15) is 0 Å². The summed E-state index contributed by atoms with van der Waals surface area (Å²) in [7, 11) is 0. The summed E-state index contributed by atoms with van der Waals surface area (Å²) in [5.41, 5.74) is 3.14. The summed E-state index contributed by atoms with van der Waals surface area (Å²) in [4.78, 5) is 0. The van der Waals surface area contributed by atoms with Gasteiger partial charge in [-0.05, 0) is 23.1 Å². The van der Waals surface area contributed by atoms with Gasteiger partial charge in [0.15, 0.2) is 0 Å². The summed E-state index contributed by atoms with van der Waals surface area (Å²) in [6.07, 6.45) is -0.696. The van der Waals surface area contributed by atoms with E-state index >= 15 is 0 Å². The highest BCUT2D eigenvalue weighted by Gasteiger charge is 2.36. The molecule has 26 heavy (non-hydrogen) atoms. The summed E-state index contributed by atoms with van der Waals surface area (Å²) in [5, 5.41) is 33.9. The highest BCUT2D eigenvalue weighted by Crippen LogP contribution is 2.26. The van der Waals surface area contributed by atoms with Gasteiger partial charge >= 0.3 is 0 Å². The number of benzene rings is 2. The first-order valence-electron chi connectivity index (χ1n) is 9.20. The smallest absolute Gasteiger partial charge is 0.111 e. The maximum Gasteiger partial charge on any atom is 0.111 e. The topological polar surface area (TPSA) is 72.7 Å². The van der Waals surface area contributed by atoms with E-state index in [0.29, 0.717) is 13.0 Å². The molecule has 0 heterocycles. The van der Waals surface area contributed by atoms with Gasteiger partial charge < -0.3 is 20.6 Å². The quantitative estimate of drug-likeness (QED) is 0.601. The molecule has 4 atom stereocenters. The molecular formula is C22H27NO3. The second-order valence-electron chi connectivity index (χ2n) is 6.83. The molecule has 138 valence electrons. The maximum absolute atomic E-state index is 10.4. The number of aliphatic hydroxyl groups excluding tert-OH is 3. The van der Waals surface area contributed by atoms with Crippen LogP contribution in [0, 0.1) is 0 Å². The van der Waals surface area contributed by atoms with Gasteiger partial charge in [-0.25, -0.2) is 0 Å². The minimum absolute atomic E-state index is 0.132. The Labute approximate surface area is 154 Å². The van der Waals surface area contributed by atoms with Crippen molar-refractivity contribution in [1.29, 1.82) is 0 Å². The number of hydrogen-bond acceptors (Lipinski definition) is 4. The molecule has 1 unspecified atom stereocenters. The monoisotopic (exact) mass is 353 g/mol. The van der Waals surface area contributed by atoms with Gasteiger partial charge in [0.1, 0.15) is 18.3 Å². The minimum Gasteiger partial charge on any atom is -0.388 e. The Morgan fingerprint density at radius 3 is 1.88 bits per heavy atom. The van der Waals surface area contributed by atoms with Crippen molar-refractivity contribution in [2.24, 2.45) is 0 Å². The fraction of sp³-hybridized carbons (Fsp3) is 0.364. The van der Waals surface area contributed by atoms with Crippen molar-refractivity contribution < 1.29 is 15.3 Å². The van der Waals surface area contributed by atoms with Crippen molar-refractivity contribution in [2.75, 3.05) is 6.54 Å². The van der Waals surface area contributed by atoms with Crippen molar-refractivity contribution in [1.82, 2.24) is 5.32 Å². The Kier molecular flexibility index (Phi) is 6.22. The van der Waals surface area contributed by atoms with E-state index in [9.17, 15) is 15.3 Å². The maximum atomic E-state index is 10.4. The largest absolute Gasteiger partial charge is 0.388 e. The lowest BCUT2D eigenvalue weighted by molar-refractivity contribution is -0.0621. The van der Waals surface area contributed by atoms with Crippen LogP contribution in [0.3, 0.4) is 0 Å². The first-order chi connectivity index (χ1) is 12.6. The molecule has 0 aliphatic heterocycles. The molecule has 1 aliphatic carbocycles. The van der Waals surface area contributed by atoms with Crippen molar-refractivity contribution in [2.45, 2.75) is 43.6 Å². The van der Waals surface area contributed by atoms with Crippen molar-refractivity contribution in [3.8, 4) is 0 Å². The van der Waals surface area contributed by atoms with Crippen LogP contribution in [0.15, 0.2) is 72.3 Å². The molecule has 2 aromatic rings. The Balaban J connectivity index is 1.81. The summed E-state index contributed by atoms with van der Waals surface area (Å²) >= 11 is 0. The third-order valence-electron chi connectivity index (χ3n) is 5.18. The van der Waals surface area contributed by atoms with Crippen LogP contribution in [0.4, 0.5) is 0 Å². The zero-order chi connectivity index (χ0) is 18.5. The molecule has 0 aromatic heterocycles. The van der Waals surface area contributed by atoms with E-state index in [0.717, 1.165) is 5.57 Å². The highest BCUT2D eigenvalue weighted by atomic mass is 16.4. The second kappa shape index (κ2) is 8.60. The van der Waals surface area contributed by atoms with Gasteiger partial charge in [0.2, 0.25) is 0 Å². The van der Waals surface area contributed by atoms with Gasteiger partial charge in [-0.15, -0.1) is 0 Å². The molecule has 2 aromatic carbocycles. The number of rotatable bonds is 6. The van der Waals surface area contributed by atoms with Gasteiger partial charge in [-0.1, -0.05) is 73.7 Å². The van der Waals surface area contributed by atoms with Crippen LogP contribution < -0.4 is 5.32 Å². The van der Waals surface area contributed by atoms with Crippen LogP contribution in [0.1, 0.15) is 30.4 Å². The lowest BCUT2D eigenvalue weighted by atomic mass is 9.86. The van der Waals surface area contributed by atoms with E-state index in [1.165, 1.54) is 11.1 Å². The van der Waals surface area contributed by atoms with E-state index in [4.69, 9.17) is 0 Å². The first kappa shape index (κ1) is 18.8. The van der Waals surface area contributed by atoms with Crippen LogP contribution in [0.2, 0.25) is 0 Å². The Morgan fingerprint density at radius 2 is 1.38 bits per heavy atom. The summed E-state index contributed by atoms with van der Waals surface area (Å²) in [6.45, 7) is 2.55. The van der Waals surface area contributed by atoms with Gasteiger partial charge in [0.05, 0.1) is 6.04 Å². The Hall–Kier alpha value is -1.98. The van der Waals surface area contributed by atoms with Crippen molar-refractivity contribution in [3.05, 3.63) is 83.4 Å². The van der Waals surface area contributed by atoms with E-state index in [1.807, 2.05) is 49.4 Å². The van der Waals surface area contributed by atoms with Crippen molar-refractivity contribution in [3.63, 3.8) is 0 Å². The molecule has 0 spiro atoms. The predicted molar refractivity (Wildman–Crippen MR) is 103 cm³/mol. The lowest BCUT2D eigenvalue weighted by Crippen LogP contribution is -2.54. The Morgan fingerprint density at radius 1 is 0.846 bits per heavy atom. The molecule has 0 amide bonds. The van der Waals surface area contributed by atoms with E-state index in [2.05, 4.69) is 29.6 Å². The average Bonchev–Trinajstić information content (AvgIpc) is 2.69. The van der Waals surface area contributed by atoms with Gasteiger partial charge in [-0.3, -0.25) is 0 Å². The Bertz CT molecular complexity index is 677. The molecule has 4 nitrogen and oxygen atoms in total. The molecule has 0 saturated heterocycles. The zero-order valence-corrected chi connectivity index (χ0v) is 15.0. The van der Waals surface area contributed by atoms with Crippen LogP contribution in [-0.4, -0.2) is 46.2 Å². The summed E-state index contributed by atoms with van der Waals surface area (Å²) in [6, 6.07) is 20.1. The fourth-order valence-corrected chi connectivity index (χ4v) is 3.61. The van der Waals surface area contributed by atoms with Crippen LogP contribution in [0.5, 0.6) is 0 Å².